The molecule has 2 rings (SSSR count). The van der Waals surface area contributed by atoms with E-state index in [1.54, 1.807) is 0 Å². The molecule has 6 heteroatoms. The fourth-order valence-corrected chi connectivity index (χ4v) is 1.97. The largest absolute Gasteiger partial charge is 0.336 e. The van der Waals surface area contributed by atoms with Crippen molar-refractivity contribution < 1.29 is 0 Å². The van der Waals surface area contributed by atoms with Gasteiger partial charge in [0.05, 0.1) is 13.1 Å². The summed E-state index contributed by atoms with van der Waals surface area (Å²) in [6.07, 6.45) is 4.97. The Bertz CT molecular complexity index is 626. The minimum atomic E-state index is -0.609. The highest BCUT2D eigenvalue weighted by Crippen LogP contribution is 2.29. The van der Waals surface area contributed by atoms with Gasteiger partial charge in [-0.3, -0.25) is 0 Å². The summed E-state index contributed by atoms with van der Waals surface area (Å²) < 4.78 is 3.20. The first-order chi connectivity index (χ1) is 9.10. The van der Waals surface area contributed by atoms with E-state index in [2.05, 4.69) is 13.2 Å². The van der Waals surface area contributed by atoms with Gasteiger partial charge in [0.15, 0.2) is 0 Å². The summed E-state index contributed by atoms with van der Waals surface area (Å²) in [5, 5.41) is 0. The molecule has 1 aliphatic carbocycles. The van der Waals surface area contributed by atoms with Crippen molar-refractivity contribution in [3.05, 3.63) is 56.8 Å². The SMILES string of the molecule is C=CCn1c(=O)n(CC=C)c(=O)n(CC2CC2)c1=O. The Morgan fingerprint density at radius 1 is 0.895 bits per heavy atom. The molecule has 0 amide bonds. The molecule has 0 atom stereocenters. The molecule has 1 fully saturated rings. The Morgan fingerprint density at radius 3 is 1.68 bits per heavy atom. The average Bonchev–Trinajstić information content (AvgIpc) is 3.20. The number of aromatic nitrogens is 3. The van der Waals surface area contributed by atoms with Crippen molar-refractivity contribution >= 4 is 0 Å². The van der Waals surface area contributed by atoms with Crippen LogP contribution in [-0.2, 0) is 19.6 Å². The van der Waals surface area contributed by atoms with Crippen LogP contribution >= 0.6 is 0 Å². The summed E-state index contributed by atoms with van der Waals surface area (Å²) in [5.41, 5.74) is -1.72. The summed E-state index contributed by atoms with van der Waals surface area (Å²) in [6.45, 7) is 7.62. The van der Waals surface area contributed by atoms with E-state index in [4.69, 9.17) is 0 Å². The molecule has 0 aromatic carbocycles. The van der Waals surface area contributed by atoms with Crippen molar-refractivity contribution in [3.8, 4) is 0 Å². The number of hydrogen-bond donors (Lipinski definition) is 0. The molecule has 19 heavy (non-hydrogen) atoms. The molecular formula is C13H17N3O3. The second kappa shape index (κ2) is 5.26. The minimum absolute atomic E-state index is 0.0970. The predicted octanol–water partition coefficient (Wildman–Crippen LogP) is -0.0463. The summed E-state index contributed by atoms with van der Waals surface area (Å²) in [5.74, 6) is 0.372. The first-order valence-corrected chi connectivity index (χ1v) is 6.26. The van der Waals surface area contributed by atoms with Crippen molar-refractivity contribution in [2.45, 2.75) is 32.5 Å². The lowest BCUT2D eigenvalue weighted by molar-refractivity contribution is 0.461. The van der Waals surface area contributed by atoms with Crippen LogP contribution in [0.1, 0.15) is 12.8 Å². The van der Waals surface area contributed by atoms with E-state index in [1.807, 2.05) is 0 Å². The van der Waals surface area contributed by atoms with Gasteiger partial charge in [0.1, 0.15) is 0 Å². The molecule has 1 heterocycles. The molecule has 1 aliphatic rings. The van der Waals surface area contributed by atoms with Gasteiger partial charge in [0, 0.05) is 6.54 Å². The van der Waals surface area contributed by atoms with Crippen LogP contribution in [0, 0.1) is 5.92 Å². The van der Waals surface area contributed by atoms with Gasteiger partial charge in [-0.25, -0.2) is 28.1 Å². The fraction of sp³-hybridized carbons (Fsp3) is 0.462. The maximum atomic E-state index is 12.2. The van der Waals surface area contributed by atoms with Gasteiger partial charge in [-0.15, -0.1) is 13.2 Å². The van der Waals surface area contributed by atoms with Gasteiger partial charge in [0.25, 0.3) is 0 Å². The van der Waals surface area contributed by atoms with Gasteiger partial charge in [0.2, 0.25) is 0 Å². The van der Waals surface area contributed by atoms with E-state index in [0.717, 1.165) is 26.5 Å². The molecule has 0 spiro atoms. The van der Waals surface area contributed by atoms with Gasteiger partial charge >= 0.3 is 17.1 Å². The van der Waals surface area contributed by atoms with Crippen molar-refractivity contribution in [1.82, 2.24) is 13.7 Å². The highest BCUT2D eigenvalue weighted by atomic mass is 16.2. The highest BCUT2D eigenvalue weighted by molar-refractivity contribution is 4.86. The fourth-order valence-electron chi connectivity index (χ4n) is 1.97. The topological polar surface area (TPSA) is 66.0 Å². The number of allylic oxidation sites excluding steroid dienone is 2. The van der Waals surface area contributed by atoms with Crippen LogP contribution < -0.4 is 17.1 Å². The van der Waals surface area contributed by atoms with E-state index in [1.165, 1.54) is 12.2 Å². The van der Waals surface area contributed by atoms with Gasteiger partial charge in [-0.05, 0) is 18.8 Å². The molecule has 0 N–H and O–H groups in total. The maximum absolute atomic E-state index is 12.2. The number of hydrogen-bond acceptors (Lipinski definition) is 3. The van der Waals surface area contributed by atoms with Crippen molar-refractivity contribution in [2.75, 3.05) is 0 Å². The maximum Gasteiger partial charge on any atom is 0.336 e. The normalized spacial score (nSPS) is 14.3. The molecule has 0 bridgehead atoms. The highest BCUT2D eigenvalue weighted by Gasteiger charge is 2.25. The lowest BCUT2D eigenvalue weighted by Crippen LogP contribution is -2.54. The quantitative estimate of drug-likeness (QED) is 0.676. The van der Waals surface area contributed by atoms with E-state index >= 15 is 0 Å². The molecule has 0 radical (unpaired) electrons. The van der Waals surface area contributed by atoms with Crippen LogP contribution in [0.4, 0.5) is 0 Å². The molecule has 6 nitrogen and oxygen atoms in total. The smallest absolute Gasteiger partial charge is 0.247 e. The third kappa shape index (κ3) is 2.52. The van der Waals surface area contributed by atoms with Crippen LogP contribution in [0.15, 0.2) is 39.7 Å². The molecule has 0 saturated heterocycles. The molecule has 0 aliphatic heterocycles. The van der Waals surface area contributed by atoms with E-state index in [0.29, 0.717) is 12.5 Å². The second-order valence-electron chi connectivity index (χ2n) is 4.70. The first-order valence-electron chi connectivity index (χ1n) is 6.26. The monoisotopic (exact) mass is 263 g/mol. The number of rotatable bonds is 6. The zero-order valence-corrected chi connectivity index (χ0v) is 10.7. The van der Waals surface area contributed by atoms with Crippen LogP contribution in [0.25, 0.3) is 0 Å². The van der Waals surface area contributed by atoms with Gasteiger partial charge in [-0.2, -0.15) is 0 Å². The third-order valence-corrected chi connectivity index (χ3v) is 3.15. The summed E-state index contributed by atoms with van der Waals surface area (Å²) in [7, 11) is 0. The van der Waals surface area contributed by atoms with Crippen LogP contribution in [0.3, 0.4) is 0 Å². The zero-order chi connectivity index (χ0) is 14.0. The molecule has 102 valence electrons. The Kier molecular flexibility index (Phi) is 3.69. The summed E-state index contributed by atoms with van der Waals surface area (Å²) >= 11 is 0. The van der Waals surface area contributed by atoms with E-state index in [9.17, 15) is 14.4 Å². The zero-order valence-electron chi connectivity index (χ0n) is 10.7. The molecule has 0 unspecified atom stereocenters. The summed E-state index contributed by atoms with van der Waals surface area (Å²) in [4.78, 5) is 36.4. The number of nitrogens with zero attached hydrogens (tertiary/aromatic N) is 3. The van der Waals surface area contributed by atoms with Gasteiger partial charge in [-0.1, -0.05) is 12.2 Å². The Hall–Kier alpha value is -2.11. The van der Waals surface area contributed by atoms with Crippen molar-refractivity contribution in [2.24, 2.45) is 5.92 Å². The molecule has 1 aromatic rings. The van der Waals surface area contributed by atoms with E-state index < -0.39 is 17.1 Å². The second-order valence-corrected chi connectivity index (χ2v) is 4.70. The first kappa shape index (κ1) is 13.3. The molecule has 1 aromatic heterocycles. The van der Waals surface area contributed by atoms with Crippen LogP contribution in [0.2, 0.25) is 0 Å². The lowest BCUT2D eigenvalue weighted by Gasteiger charge is -2.11. The molecular weight excluding hydrogens is 246 g/mol. The van der Waals surface area contributed by atoms with Gasteiger partial charge < -0.3 is 0 Å². The standard InChI is InChI=1S/C13H17N3O3/c1-3-7-14-11(17)15(8-4-2)13(19)16(12(14)18)9-10-5-6-10/h3-4,10H,1-2,5-9H2. The van der Waals surface area contributed by atoms with E-state index in [-0.39, 0.29) is 13.1 Å². The lowest BCUT2D eigenvalue weighted by atomic mass is 10.4. The van der Waals surface area contributed by atoms with Crippen LogP contribution in [-0.4, -0.2) is 13.7 Å². The Labute approximate surface area is 109 Å². The third-order valence-electron chi connectivity index (χ3n) is 3.15. The Balaban J connectivity index is 2.67. The van der Waals surface area contributed by atoms with Crippen molar-refractivity contribution in [3.63, 3.8) is 0 Å². The Morgan fingerprint density at radius 2 is 1.32 bits per heavy atom. The van der Waals surface area contributed by atoms with Crippen molar-refractivity contribution in [1.29, 1.82) is 0 Å². The average molecular weight is 263 g/mol. The summed E-state index contributed by atoms with van der Waals surface area (Å²) in [6, 6.07) is 0. The minimum Gasteiger partial charge on any atom is -0.247 e. The van der Waals surface area contributed by atoms with Crippen LogP contribution in [0.5, 0.6) is 0 Å². The predicted molar refractivity (Wildman–Crippen MR) is 72.3 cm³/mol. The molecule has 1 saturated carbocycles.